The van der Waals surface area contributed by atoms with Crippen molar-refractivity contribution >= 4 is 57.0 Å². The Bertz CT molecular complexity index is 786. The molecule has 0 fully saturated rings. The lowest BCUT2D eigenvalue weighted by molar-refractivity contribution is 1.38. The van der Waals surface area contributed by atoms with E-state index in [2.05, 4.69) is 10.3 Å². The fourth-order valence-electron chi connectivity index (χ4n) is 1.82. The average Bonchev–Trinajstić information content (AvgIpc) is 2.91. The zero-order valence-electron chi connectivity index (χ0n) is 10.6. The molecule has 0 radical (unpaired) electrons. The molecule has 106 valence electrons. The summed E-state index contributed by atoms with van der Waals surface area (Å²) in [4.78, 5) is 4.54. The molecule has 2 aromatic carbocycles. The van der Waals surface area contributed by atoms with Crippen molar-refractivity contribution in [2.75, 3.05) is 5.32 Å². The number of nitrogens with zero attached hydrogens (tertiary/aromatic N) is 1. The SMILES string of the molecule is Clc1cccc(-c2csc(Nc3ccc(Cl)cc3Cl)n2)c1. The third-order valence-electron chi connectivity index (χ3n) is 2.80. The highest BCUT2D eigenvalue weighted by atomic mass is 35.5. The van der Waals surface area contributed by atoms with Crippen LogP contribution in [0.15, 0.2) is 47.8 Å². The van der Waals surface area contributed by atoms with E-state index in [1.165, 1.54) is 11.3 Å². The maximum absolute atomic E-state index is 6.14. The van der Waals surface area contributed by atoms with E-state index in [1.807, 2.05) is 35.7 Å². The van der Waals surface area contributed by atoms with E-state index in [4.69, 9.17) is 34.8 Å². The molecule has 0 unspecified atom stereocenters. The van der Waals surface area contributed by atoms with Crippen LogP contribution in [0.5, 0.6) is 0 Å². The van der Waals surface area contributed by atoms with Crippen LogP contribution in [0.4, 0.5) is 10.8 Å². The van der Waals surface area contributed by atoms with Gasteiger partial charge in [-0.3, -0.25) is 0 Å². The van der Waals surface area contributed by atoms with Crippen LogP contribution in [0.25, 0.3) is 11.3 Å². The zero-order valence-corrected chi connectivity index (χ0v) is 13.7. The number of thiazole rings is 1. The molecule has 0 aliphatic heterocycles. The van der Waals surface area contributed by atoms with Crippen LogP contribution in [0.3, 0.4) is 0 Å². The number of hydrogen-bond acceptors (Lipinski definition) is 3. The second-order valence-corrected chi connectivity index (χ2v) is 6.44. The highest BCUT2D eigenvalue weighted by molar-refractivity contribution is 7.14. The molecule has 0 saturated heterocycles. The summed E-state index contributed by atoms with van der Waals surface area (Å²) in [5.74, 6) is 0. The van der Waals surface area contributed by atoms with Gasteiger partial charge in [0, 0.05) is 21.0 Å². The van der Waals surface area contributed by atoms with E-state index in [1.54, 1.807) is 12.1 Å². The van der Waals surface area contributed by atoms with Gasteiger partial charge in [0.2, 0.25) is 0 Å². The molecule has 1 N–H and O–H groups in total. The van der Waals surface area contributed by atoms with Crippen molar-refractivity contribution in [1.82, 2.24) is 4.98 Å². The first kappa shape index (κ1) is 14.7. The molecule has 21 heavy (non-hydrogen) atoms. The molecular weight excluding hydrogens is 347 g/mol. The monoisotopic (exact) mass is 354 g/mol. The van der Waals surface area contributed by atoms with Crippen LogP contribution in [-0.2, 0) is 0 Å². The molecule has 0 saturated carbocycles. The summed E-state index contributed by atoms with van der Waals surface area (Å²) in [5, 5.41) is 7.77. The topological polar surface area (TPSA) is 24.9 Å². The Labute approximate surface area is 141 Å². The van der Waals surface area contributed by atoms with Gasteiger partial charge in [-0.15, -0.1) is 11.3 Å². The second kappa shape index (κ2) is 6.24. The van der Waals surface area contributed by atoms with Gasteiger partial charge in [-0.1, -0.05) is 46.9 Å². The zero-order chi connectivity index (χ0) is 14.8. The van der Waals surface area contributed by atoms with E-state index in [9.17, 15) is 0 Å². The summed E-state index contributed by atoms with van der Waals surface area (Å²) >= 11 is 19.5. The number of hydrogen-bond donors (Lipinski definition) is 1. The minimum Gasteiger partial charge on any atom is -0.330 e. The minimum atomic E-state index is 0.557. The Kier molecular flexibility index (Phi) is 4.36. The summed E-state index contributed by atoms with van der Waals surface area (Å²) < 4.78 is 0. The molecule has 0 spiro atoms. The maximum Gasteiger partial charge on any atom is 0.187 e. The largest absolute Gasteiger partial charge is 0.330 e. The molecule has 3 rings (SSSR count). The highest BCUT2D eigenvalue weighted by Gasteiger charge is 2.07. The van der Waals surface area contributed by atoms with Gasteiger partial charge in [0.15, 0.2) is 5.13 Å². The van der Waals surface area contributed by atoms with E-state index < -0.39 is 0 Å². The molecule has 1 aromatic heterocycles. The Morgan fingerprint density at radius 2 is 1.76 bits per heavy atom. The normalized spacial score (nSPS) is 10.6. The maximum atomic E-state index is 6.14. The summed E-state index contributed by atoms with van der Waals surface area (Å²) in [7, 11) is 0. The van der Waals surface area contributed by atoms with E-state index >= 15 is 0 Å². The predicted octanol–water partition coefficient (Wildman–Crippen LogP) is 6.51. The summed E-state index contributed by atoms with van der Waals surface area (Å²) in [5.41, 5.74) is 2.62. The van der Waals surface area contributed by atoms with Gasteiger partial charge in [0.1, 0.15) is 0 Å². The molecule has 0 amide bonds. The van der Waals surface area contributed by atoms with Crippen molar-refractivity contribution < 1.29 is 0 Å². The third-order valence-corrected chi connectivity index (χ3v) is 4.34. The Hall–Kier alpha value is -1.26. The molecule has 6 heteroatoms. The van der Waals surface area contributed by atoms with Crippen molar-refractivity contribution in [2.45, 2.75) is 0 Å². The molecular formula is C15H9Cl3N2S. The molecule has 2 nitrogen and oxygen atoms in total. The Balaban J connectivity index is 1.85. The lowest BCUT2D eigenvalue weighted by atomic mass is 10.2. The number of anilines is 2. The van der Waals surface area contributed by atoms with Crippen LogP contribution in [0, 0.1) is 0 Å². The fraction of sp³-hybridized carbons (Fsp3) is 0. The Morgan fingerprint density at radius 3 is 2.52 bits per heavy atom. The third kappa shape index (κ3) is 3.50. The van der Waals surface area contributed by atoms with Crippen LogP contribution in [-0.4, -0.2) is 4.98 Å². The Morgan fingerprint density at radius 1 is 0.952 bits per heavy atom. The van der Waals surface area contributed by atoms with E-state index in [-0.39, 0.29) is 0 Å². The van der Waals surface area contributed by atoms with Crippen LogP contribution < -0.4 is 5.32 Å². The first-order chi connectivity index (χ1) is 10.1. The standard InChI is InChI=1S/C15H9Cl3N2S/c16-10-3-1-2-9(6-10)14-8-21-15(20-14)19-13-5-4-11(17)7-12(13)18/h1-8H,(H,19,20). The smallest absolute Gasteiger partial charge is 0.187 e. The van der Waals surface area contributed by atoms with Crippen molar-refractivity contribution in [1.29, 1.82) is 0 Å². The van der Waals surface area contributed by atoms with Gasteiger partial charge in [-0.25, -0.2) is 4.98 Å². The number of nitrogens with one attached hydrogen (secondary N) is 1. The van der Waals surface area contributed by atoms with Crippen LogP contribution in [0.1, 0.15) is 0 Å². The van der Waals surface area contributed by atoms with Crippen molar-refractivity contribution in [2.24, 2.45) is 0 Å². The number of aromatic nitrogens is 1. The van der Waals surface area contributed by atoms with Gasteiger partial charge in [0.25, 0.3) is 0 Å². The first-order valence-corrected chi connectivity index (χ1v) is 8.07. The number of rotatable bonds is 3. The van der Waals surface area contributed by atoms with Crippen molar-refractivity contribution in [3.63, 3.8) is 0 Å². The number of benzene rings is 2. The molecule has 0 aliphatic rings. The van der Waals surface area contributed by atoms with Gasteiger partial charge in [0.05, 0.1) is 16.4 Å². The molecule has 0 bridgehead atoms. The molecule has 1 heterocycles. The van der Waals surface area contributed by atoms with Crippen molar-refractivity contribution in [3.05, 3.63) is 62.9 Å². The van der Waals surface area contributed by atoms with Gasteiger partial charge in [-0.05, 0) is 30.3 Å². The average molecular weight is 356 g/mol. The van der Waals surface area contributed by atoms with Crippen LogP contribution >= 0.6 is 46.1 Å². The molecule has 0 aliphatic carbocycles. The van der Waals surface area contributed by atoms with E-state index in [0.29, 0.717) is 15.1 Å². The minimum absolute atomic E-state index is 0.557. The van der Waals surface area contributed by atoms with Gasteiger partial charge < -0.3 is 5.32 Å². The first-order valence-electron chi connectivity index (χ1n) is 6.05. The molecule has 0 atom stereocenters. The second-order valence-electron chi connectivity index (χ2n) is 4.30. The molecule has 3 aromatic rings. The highest BCUT2D eigenvalue weighted by Crippen LogP contribution is 2.32. The van der Waals surface area contributed by atoms with Crippen molar-refractivity contribution in [3.8, 4) is 11.3 Å². The summed E-state index contributed by atoms with van der Waals surface area (Å²) in [6.45, 7) is 0. The summed E-state index contributed by atoms with van der Waals surface area (Å²) in [6.07, 6.45) is 0. The lowest BCUT2D eigenvalue weighted by Gasteiger charge is -2.05. The quantitative estimate of drug-likeness (QED) is 0.579. The van der Waals surface area contributed by atoms with E-state index in [0.717, 1.165) is 22.1 Å². The lowest BCUT2D eigenvalue weighted by Crippen LogP contribution is -1.90. The summed E-state index contributed by atoms with van der Waals surface area (Å²) in [6, 6.07) is 12.9. The van der Waals surface area contributed by atoms with Crippen LogP contribution in [0.2, 0.25) is 15.1 Å². The van der Waals surface area contributed by atoms with Gasteiger partial charge >= 0.3 is 0 Å². The van der Waals surface area contributed by atoms with Gasteiger partial charge in [-0.2, -0.15) is 0 Å². The number of halogens is 3. The predicted molar refractivity (Wildman–Crippen MR) is 92.3 cm³/mol. The fourth-order valence-corrected chi connectivity index (χ4v) is 3.20.